The Bertz CT molecular complexity index is 762. The van der Waals surface area contributed by atoms with Gasteiger partial charge in [-0.1, -0.05) is 11.8 Å². The lowest BCUT2D eigenvalue weighted by Crippen LogP contribution is -2.28. The molecule has 2 N–H and O–H groups in total. The lowest BCUT2D eigenvalue weighted by molar-refractivity contribution is -0.117. The van der Waals surface area contributed by atoms with Crippen molar-refractivity contribution >= 4 is 39.2 Å². The molecule has 0 bridgehead atoms. The zero-order valence-corrected chi connectivity index (χ0v) is 14.4. The van der Waals surface area contributed by atoms with E-state index in [9.17, 15) is 9.59 Å². The van der Waals surface area contributed by atoms with E-state index in [4.69, 9.17) is 5.73 Å². The van der Waals surface area contributed by atoms with Gasteiger partial charge in [0.15, 0.2) is 5.16 Å². The average molecular weight is 325 g/mol. The second kappa shape index (κ2) is 5.81. The molecular weight excluding hydrogens is 306 g/mol. The molecule has 0 saturated heterocycles. The van der Waals surface area contributed by atoms with Crippen molar-refractivity contribution in [2.45, 2.75) is 51.1 Å². The number of nitrogens with two attached hydrogens (primary N) is 1. The molecule has 1 amide bonds. The summed E-state index contributed by atoms with van der Waals surface area (Å²) in [5, 5.41) is 0.804. The summed E-state index contributed by atoms with van der Waals surface area (Å²) in [7, 11) is 0. The van der Waals surface area contributed by atoms with Crippen LogP contribution in [-0.2, 0) is 4.79 Å². The second-order valence-electron chi connectivity index (χ2n) is 5.29. The van der Waals surface area contributed by atoms with E-state index in [1.54, 1.807) is 11.5 Å². The van der Waals surface area contributed by atoms with Crippen LogP contribution >= 0.6 is 23.1 Å². The van der Waals surface area contributed by atoms with Gasteiger partial charge in [0.25, 0.3) is 5.56 Å². The molecule has 2 aromatic heterocycles. The molecule has 0 aromatic carbocycles. The number of aromatic nitrogens is 2. The third-order valence-corrected chi connectivity index (χ3v) is 5.59. The number of amides is 1. The summed E-state index contributed by atoms with van der Waals surface area (Å²) in [6, 6.07) is -0.0309. The minimum Gasteiger partial charge on any atom is -0.369 e. The summed E-state index contributed by atoms with van der Waals surface area (Å²) in [6.07, 6.45) is 0. The highest BCUT2D eigenvalue weighted by Gasteiger charge is 2.21. The molecule has 2 rings (SSSR count). The molecule has 5 nitrogen and oxygen atoms in total. The van der Waals surface area contributed by atoms with Crippen molar-refractivity contribution in [3.05, 3.63) is 20.8 Å². The first-order valence-corrected chi connectivity index (χ1v) is 8.41. The Balaban J connectivity index is 2.72. The minimum atomic E-state index is -0.429. The van der Waals surface area contributed by atoms with Crippen LogP contribution < -0.4 is 11.3 Å². The number of carbonyl (C=O) groups excluding carboxylic acids is 1. The van der Waals surface area contributed by atoms with E-state index in [1.807, 2.05) is 27.7 Å². The molecule has 114 valence electrons. The van der Waals surface area contributed by atoms with Crippen LogP contribution in [0.3, 0.4) is 0 Å². The first kappa shape index (κ1) is 16.0. The van der Waals surface area contributed by atoms with Gasteiger partial charge in [0.1, 0.15) is 4.83 Å². The van der Waals surface area contributed by atoms with Crippen molar-refractivity contribution in [1.82, 2.24) is 9.55 Å². The molecule has 0 saturated carbocycles. The van der Waals surface area contributed by atoms with Gasteiger partial charge in [-0.25, -0.2) is 4.98 Å². The van der Waals surface area contributed by atoms with Crippen LogP contribution in [0.15, 0.2) is 9.95 Å². The summed E-state index contributed by atoms with van der Waals surface area (Å²) in [5.74, 6) is -0.414. The van der Waals surface area contributed by atoms with Gasteiger partial charge in [0.2, 0.25) is 5.91 Å². The molecule has 21 heavy (non-hydrogen) atoms. The van der Waals surface area contributed by atoms with Crippen molar-refractivity contribution in [2.75, 3.05) is 0 Å². The van der Waals surface area contributed by atoms with Gasteiger partial charge >= 0.3 is 0 Å². The fourth-order valence-corrected chi connectivity index (χ4v) is 4.10. The first-order valence-electron chi connectivity index (χ1n) is 6.72. The molecule has 2 aromatic rings. The predicted octanol–water partition coefficient (Wildman–Crippen LogP) is 2.62. The molecule has 1 atom stereocenters. The number of hydrogen-bond donors (Lipinski definition) is 1. The fourth-order valence-electron chi connectivity index (χ4n) is 2.04. The van der Waals surface area contributed by atoms with Crippen LogP contribution in [0.1, 0.15) is 37.3 Å². The highest BCUT2D eigenvalue weighted by Crippen LogP contribution is 2.30. The molecule has 0 aliphatic rings. The Hall–Kier alpha value is -1.34. The zero-order valence-electron chi connectivity index (χ0n) is 12.8. The summed E-state index contributed by atoms with van der Waals surface area (Å²) < 4.78 is 1.64. The number of aryl methyl sites for hydroxylation is 2. The number of fused-ring (bicyclic) bond motifs is 1. The average Bonchev–Trinajstić information content (AvgIpc) is 2.64. The summed E-state index contributed by atoms with van der Waals surface area (Å²) in [5.41, 5.74) is 6.26. The van der Waals surface area contributed by atoms with E-state index in [-0.39, 0.29) is 11.6 Å². The maximum absolute atomic E-state index is 12.8. The Morgan fingerprint density at radius 1 is 1.33 bits per heavy atom. The smallest absolute Gasteiger partial charge is 0.263 e. The predicted molar refractivity (Wildman–Crippen MR) is 88.3 cm³/mol. The number of nitrogens with zero attached hydrogens (tertiary/aromatic N) is 2. The Kier molecular flexibility index (Phi) is 4.43. The van der Waals surface area contributed by atoms with Crippen molar-refractivity contribution in [2.24, 2.45) is 5.73 Å². The molecule has 2 heterocycles. The monoisotopic (exact) mass is 325 g/mol. The molecular formula is C14H19N3O2S2. The van der Waals surface area contributed by atoms with Crippen molar-refractivity contribution < 1.29 is 4.79 Å². The van der Waals surface area contributed by atoms with Crippen LogP contribution in [-0.4, -0.2) is 20.7 Å². The van der Waals surface area contributed by atoms with Crippen molar-refractivity contribution in [1.29, 1.82) is 0 Å². The van der Waals surface area contributed by atoms with Crippen LogP contribution in [0.5, 0.6) is 0 Å². The number of carbonyl (C=O) groups is 1. The minimum absolute atomic E-state index is 0.0309. The zero-order chi connectivity index (χ0) is 15.9. The quantitative estimate of drug-likeness (QED) is 0.692. The van der Waals surface area contributed by atoms with Crippen LogP contribution in [0, 0.1) is 13.8 Å². The van der Waals surface area contributed by atoms with Gasteiger partial charge in [0, 0.05) is 10.9 Å². The summed E-state index contributed by atoms with van der Waals surface area (Å²) in [4.78, 5) is 30.5. The molecule has 0 fully saturated rings. The number of primary amides is 1. The van der Waals surface area contributed by atoms with Crippen molar-refractivity contribution in [3.63, 3.8) is 0 Å². The number of thioether (sulfide) groups is 1. The van der Waals surface area contributed by atoms with Gasteiger partial charge in [-0.2, -0.15) is 0 Å². The van der Waals surface area contributed by atoms with Gasteiger partial charge in [0.05, 0.1) is 10.6 Å². The van der Waals surface area contributed by atoms with E-state index < -0.39 is 11.2 Å². The van der Waals surface area contributed by atoms with Crippen LogP contribution in [0.4, 0.5) is 0 Å². The number of hydrogen-bond acceptors (Lipinski definition) is 5. The van der Waals surface area contributed by atoms with Gasteiger partial charge in [-0.05, 0) is 40.2 Å². The molecule has 0 radical (unpaired) electrons. The molecule has 7 heteroatoms. The Morgan fingerprint density at radius 2 is 1.95 bits per heavy atom. The summed E-state index contributed by atoms with van der Waals surface area (Å²) >= 11 is 2.74. The van der Waals surface area contributed by atoms with E-state index >= 15 is 0 Å². The lowest BCUT2D eigenvalue weighted by Gasteiger charge is -2.16. The molecule has 0 aliphatic heterocycles. The van der Waals surface area contributed by atoms with E-state index in [1.165, 1.54) is 23.1 Å². The van der Waals surface area contributed by atoms with E-state index in [0.717, 1.165) is 15.3 Å². The first-order chi connectivity index (χ1) is 9.73. The highest BCUT2D eigenvalue weighted by molar-refractivity contribution is 8.00. The van der Waals surface area contributed by atoms with Gasteiger partial charge < -0.3 is 5.73 Å². The molecule has 1 unspecified atom stereocenters. The second-order valence-corrected chi connectivity index (χ2v) is 7.80. The lowest BCUT2D eigenvalue weighted by atomic mass is 10.2. The molecule has 0 spiro atoms. The fraction of sp³-hybridized carbons (Fsp3) is 0.500. The normalized spacial score (nSPS) is 13.0. The van der Waals surface area contributed by atoms with Gasteiger partial charge in [-0.15, -0.1) is 11.3 Å². The highest BCUT2D eigenvalue weighted by atomic mass is 32.2. The number of rotatable bonds is 4. The SMILES string of the molecule is Cc1sc2nc(SC(C)C(N)=O)n(C(C)C)c(=O)c2c1C. The van der Waals surface area contributed by atoms with Crippen LogP contribution in [0.25, 0.3) is 10.2 Å². The van der Waals surface area contributed by atoms with E-state index in [2.05, 4.69) is 4.98 Å². The van der Waals surface area contributed by atoms with E-state index in [0.29, 0.717) is 10.5 Å². The van der Waals surface area contributed by atoms with Gasteiger partial charge in [-0.3, -0.25) is 14.2 Å². The third kappa shape index (κ3) is 2.85. The summed E-state index contributed by atoms with van der Waals surface area (Å²) in [6.45, 7) is 9.52. The largest absolute Gasteiger partial charge is 0.369 e. The van der Waals surface area contributed by atoms with Crippen LogP contribution in [0.2, 0.25) is 0 Å². The standard InChI is InChI=1S/C14H19N3O2S2/c1-6(2)17-13(19)10-7(3)8(4)20-12(10)16-14(17)21-9(5)11(15)18/h6,9H,1-5H3,(H2,15,18). The topological polar surface area (TPSA) is 78.0 Å². The third-order valence-electron chi connectivity index (χ3n) is 3.40. The maximum Gasteiger partial charge on any atom is 0.263 e. The van der Waals surface area contributed by atoms with Crippen molar-refractivity contribution in [3.8, 4) is 0 Å². The number of thiophene rings is 1. The Morgan fingerprint density at radius 3 is 2.48 bits per heavy atom. The Labute approximate surface area is 131 Å². The molecule has 0 aliphatic carbocycles. The maximum atomic E-state index is 12.8.